The monoisotopic (exact) mass is 283 g/mol. The molecule has 2 aromatic rings. The molecule has 0 saturated carbocycles. The summed E-state index contributed by atoms with van der Waals surface area (Å²) in [4.78, 5) is 11.9. The maximum atomic E-state index is 11.9. The molecule has 0 aliphatic heterocycles. The number of amidine groups is 1. The molecule has 0 radical (unpaired) electrons. The Hall–Kier alpha value is -2.66. The molecule has 0 aliphatic rings. The van der Waals surface area contributed by atoms with Crippen LogP contribution in [0, 0.1) is 5.41 Å². The Bertz CT molecular complexity index is 624. The highest BCUT2D eigenvalue weighted by atomic mass is 16.5. The van der Waals surface area contributed by atoms with Gasteiger partial charge in [0.15, 0.2) is 0 Å². The van der Waals surface area contributed by atoms with E-state index in [2.05, 4.69) is 0 Å². The van der Waals surface area contributed by atoms with Crippen LogP contribution in [0.3, 0.4) is 0 Å². The Morgan fingerprint density at radius 3 is 2.29 bits per heavy atom. The lowest BCUT2D eigenvalue weighted by molar-refractivity contribution is 0.0472. The Morgan fingerprint density at radius 2 is 1.71 bits per heavy atom. The molecule has 0 aliphatic carbocycles. The average Bonchev–Trinajstić information content (AvgIpc) is 2.53. The van der Waals surface area contributed by atoms with Crippen molar-refractivity contribution in [3.05, 3.63) is 71.3 Å². The Labute approximate surface area is 123 Å². The van der Waals surface area contributed by atoms with Gasteiger partial charge in [-0.3, -0.25) is 5.41 Å². The minimum absolute atomic E-state index is 0.116. The zero-order chi connectivity index (χ0) is 15.2. The standard InChI is InChI=1S/C16H17N3O2/c17-14(15(18)19)12-6-8-13(9-7-12)16(20)21-10-11-4-2-1-3-5-11/h1-9,14H,10,17H2,(H3,18,19). The van der Waals surface area contributed by atoms with Crippen molar-refractivity contribution in [1.29, 1.82) is 5.41 Å². The predicted octanol–water partition coefficient (Wildman–Crippen LogP) is 1.98. The SMILES string of the molecule is N=C(N)C(N)c1ccc(C(=O)OCc2ccccc2)cc1. The highest BCUT2D eigenvalue weighted by Crippen LogP contribution is 2.13. The molecule has 0 fully saturated rings. The van der Waals surface area contributed by atoms with Gasteiger partial charge >= 0.3 is 5.97 Å². The van der Waals surface area contributed by atoms with E-state index >= 15 is 0 Å². The lowest BCUT2D eigenvalue weighted by Crippen LogP contribution is -2.27. The van der Waals surface area contributed by atoms with E-state index < -0.39 is 12.0 Å². The van der Waals surface area contributed by atoms with E-state index in [4.69, 9.17) is 21.6 Å². The molecular formula is C16H17N3O2. The van der Waals surface area contributed by atoms with Gasteiger partial charge in [0.1, 0.15) is 12.4 Å². The third kappa shape index (κ3) is 3.90. The lowest BCUT2D eigenvalue weighted by Gasteiger charge is -2.10. The number of carbonyl (C=O) groups excluding carboxylic acids is 1. The quantitative estimate of drug-likeness (QED) is 0.443. The Kier molecular flexibility index (Phi) is 4.68. The van der Waals surface area contributed by atoms with E-state index in [0.29, 0.717) is 11.1 Å². The third-order valence-corrected chi connectivity index (χ3v) is 3.05. The minimum atomic E-state index is -0.653. The molecule has 2 rings (SSSR count). The summed E-state index contributed by atoms with van der Waals surface area (Å²) in [5, 5.41) is 7.30. The van der Waals surface area contributed by atoms with Crippen molar-refractivity contribution in [3.8, 4) is 0 Å². The molecule has 5 nitrogen and oxygen atoms in total. The fourth-order valence-electron chi connectivity index (χ4n) is 1.81. The number of hydrogen-bond acceptors (Lipinski definition) is 4. The number of ether oxygens (including phenoxy) is 1. The minimum Gasteiger partial charge on any atom is -0.457 e. The van der Waals surface area contributed by atoms with Gasteiger partial charge in [0.25, 0.3) is 0 Å². The maximum absolute atomic E-state index is 11.9. The van der Waals surface area contributed by atoms with Crippen LogP contribution in [-0.4, -0.2) is 11.8 Å². The predicted molar refractivity (Wildman–Crippen MR) is 80.8 cm³/mol. The second-order valence-electron chi connectivity index (χ2n) is 4.62. The lowest BCUT2D eigenvalue weighted by atomic mass is 10.0. The largest absolute Gasteiger partial charge is 0.457 e. The van der Waals surface area contributed by atoms with E-state index in [1.165, 1.54) is 0 Å². The number of esters is 1. The number of nitrogens with one attached hydrogen (secondary N) is 1. The van der Waals surface area contributed by atoms with E-state index in [9.17, 15) is 4.79 Å². The smallest absolute Gasteiger partial charge is 0.338 e. The first-order chi connectivity index (χ1) is 10.1. The molecule has 1 unspecified atom stereocenters. The van der Waals surface area contributed by atoms with E-state index in [0.717, 1.165) is 5.56 Å². The average molecular weight is 283 g/mol. The van der Waals surface area contributed by atoms with Crippen molar-refractivity contribution in [3.63, 3.8) is 0 Å². The summed E-state index contributed by atoms with van der Waals surface area (Å²) < 4.78 is 5.22. The van der Waals surface area contributed by atoms with Gasteiger partial charge in [0.2, 0.25) is 0 Å². The van der Waals surface area contributed by atoms with Gasteiger partial charge in [-0.1, -0.05) is 42.5 Å². The first-order valence-electron chi connectivity index (χ1n) is 6.48. The molecule has 5 N–H and O–H groups in total. The van der Waals surface area contributed by atoms with Gasteiger partial charge in [-0.2, -0.15) is 0 Å². The number of rotatable bonds is 5. The van der Waals surface area contributed by atoms with Crippen molar-refractivity contribution in [2.24, 2.45) is 11.5 Å². The summed E-state index contributed by atoms with van der Waals surface area (Å²) in [7, 11) is 0. The van der Waals surface area contributed by atoms with Crippen molar-refractivity contribution >= 4 is 11.8 Å². The highest BCUT2D eigenvalue weighted by molar-refractivity contribution is 5.90. The van der Waals surface area contributed by atoms with Crippen LogP contribution in [-0.2, 0) is 11.3 Å². The molecule has 1 atom stereocenters. The fraction of sp³-hybridized carbons (Fsp3) is 0.125. The molecular weight excluding hydrogens is 266 g/mol. The zero-order valence-electron chi connectivity index (χ0n) is 11.5. The van der Waals surface area contributed by atoms with Crippen molar-refractivity contribution < 1.29 is 9.53 Å². The fourth-order valence-corrected chi connectivity index (χ4v) is 1.81. The normalized spacial score (nSPS) is 11.7. The van der Waals surface area contributed by atoms with E-state index in [1.54, 1.807) is 24.3 Å². The maximum Gasteiger partial charge on any atom is 0.338 e. The Balaban J connectivity index is 1.98. The molecule has 5 heteroatoms. The summed E-state index contributed by atoms with van der Waals surface area (Å²) in [6, 6.07) is 15.4. The van der Waals surface area contributed by atoms with Crippen LogP contribution in [0.25, 0.3) is 0 Å². The molecule has 0 saturated heterocycles. The van der Waals surface area contributed by atoms with Crippen molar-refractivity contribution in [2.45, 2.75) is 12.6 Å². The number of benzene rings is 2. The molecule has 0 aromatic heterocycles. The second kappa shape index (κ2) is 6.67. The van der Waals surface area contributed by atoms with Gasteiger partial charge in [-0.25, -0.2) is 4.79 Å². The Morgan fingerprint density at radius 1 is 1.10 bits per heavy atom. The van der Waals surface area contributed by atoms with Crippen LogP contribution in [0.1, 0.15) is 27.5 Å². The summed E-state index contributed by atoms with van der Waals surface area (Å²) in [6.07, 6.45) is 0. The van der Waals surface area contributed by atoms with E-state index in [1.807, 2.05) is 30.3 Å². The number of hydrogen-bond donors (Lipinski definition) is 3. The molecule has 108 valence electrons. The summed E-state index contributed by atoms with van der Waals surface area (Å²) in [6.45, 7) is 0.231. The van der Waals surface area contributed by atoms with Crippen LogP contribution in [0.4, 0.5) is 0 Å². The molecule has 0 heterocycles. The van der Waals surface area contributed by atoms with Gasteiger partial charge in [0.05, 0.1) is 11.6 Å². The topological polar surface area (TPSA) is 102 Å². The van der Waals surface area contributed by atoms with E-state index in [-0.39, 0.29) is 12.4 Å². The van der Waals surface area contributed by atoms with Crippen LogP contribution in [0.15, 0.2) is 54.6 Å². The first-order valence-corrected chi connectivity index (χ1v) is 6.48. The summed E-state index contributed by atoms with van der Waals surface area (Å²) >= 11 is 0. The second-order valence-corrected chi connectivity index (χ2v) is 4.62. The first kappa shape index (κ1) is 14.7. The van der Waals surface area contributed by atoms with Crippen LogP contribution < -0.4 is 11.5 Å². The van der Waals surface area contributed by atoms with Crippen LogP contribution in [0.2, 0.25) is 0 Å². The summed E-state index contributed by atoms with van der Waals surface area (Å²) in [5.41, 5.74) is 13.1. The van der Waals surface area contributed by atoms with Crippen LogP contribution in [0.5, 0.6) is 0 Å². The van der Waals surface area contributed by atoms with Crippen molar-refractivity contribution in [1.82, 2.24) is 0 Å². The molecule has 0 amide bonds. The zero-order valence-corrected chi connectivity index (χ0v) is 11.5. The highest BCUT2D eigenvalue weighted by Gasteiger charge is 2.11. The molecule has 21 heavy (non-hydrogen) atoms. The third-order valence-electron chi connectivity index (χ3n) is 3.05. The molecule has 2 aromatic carbocycles. The van der Waals surface area contributed by atoms with Gasteiger partial charge < -0.3 is 16.2 Å². The van der Waals surface area contributed by atoms with Gasteiger partial charge in [0, 0.05) is 0 Å². The number of carbonyl (C=O) groups is 1. The van der Waals surface area contributed by atoms with Gasteiger partial charge in [-0.15, -0.1) is 0 Å². The number of nitrogens with two attached hydrogens (primary N) is 2. The van der Waals surface area contributed by atoms with Gasteiger partial charge in [-0.05, 0) is 23.3 Å². The molecule has 0 spiro atoms. The summed E-state index contributed by atoms with van der Waals surface area (Å²) in [5.74, 6) is -0.517. The van der Waals surface area contributed by atoms with Crippen LogP contribution >= 0.6 is 0 Å². The van der Waals surface area contributed by atoms with Crippen molar-refractivity contribution in [2.75, 3.05) is 0 Å². The molecule has 0 bridgehead atoms.